The van der Waals surface area contributed by atoms with Gasteiger partial charge in [-0.3, -0.25) is 67.0 Å². The van der Waals surface area contributed by atoms with E-state index in [1.165, 1.54) is 33.9 Å². The summed E-state index contributed by atoms with van der Waals surface area (Å²) in [6.45, 7) is 9.79. The van der Waals surface area contributed by atoms with Gasteiger partial charge in [0.05, 0.1) is 80.1 Å². The normalized spacial score (nSPS) is 32.1. The summed E-state index contributed by atoms with van der Waals surface area (Å²) in [7, 11) is 0. The highest BCUT2D eigenvalue weighted by molar-refractivity contribution is 14.1. The zero-order valence-corrected chi connectivity index (χ0v) is 54.2. The van der Waals surface area contributed by atoms with Crippen molar-refractivity contribution in [2.45, 2.75) is 177 Å². The fraction of sp³-hybridized carbons (Fsp3) is 0.655. The predicted octanol–water partition coefficient (Wildman–Crippen LogP) is 4.56. The van der Waals surface area contributed by atoms with Gasteiger partial charge >= 0.3 is 17.4 Å². The van der Waals surface area contributed by atoms with E-state index in [1.807, 2.05) is 32.6 Å². The molecule has 3 aromatic rings. The number of fused-ring (bicyclic) bond motifs is 4. The summed E-state index contributed by atoms with van der Waals surface area (Å²) in [6, 6.07) is 2.86. The van der Waals surface area contributed by atoms with Crippen LogP contribution in [0.4, 0.5) is 43.9 Å². The number of hydrogen-bond donors (Lipinski definition) is 5. The van der Waals surface area contributed by atoms with Gasteiger partial charge in [0, 0.05) is 53.6 Å². The van der Waals surface area contributed by atoms with Crippen molar-refractivity contribution in [2.24, 2.45) is 29.6 Å². The van der Waals surface area contributed by atoms with Gasteiger partial charge in [-0.25, -0.2) is 53.5 Å². The minimum atomic E-state index is -3.51. The van der Waals surface area contributed by atoms with Crippen molar-refractivity contribution in [1.29, 1.82) is 0 Å². The van der Waals surface area contributed by atoms with Gasteiger partial charge in [-0.2, -0.15) is 4.98 Å². The molecule has 26 nitrogen and oxygen atoms in total. The molecule has 8 aliphatic rings. The monoisotopic (exact) mass is 1480 g/mol. The predicted molar refractivity (Wildman–Crippen MR) is 315 cm³/mol. The van der Waals surface area contributed by atoms with Gasteiger partial charge in [-0.15, -0.1) is 0 Å². The molecule has 11 heterocycles. The standard InChI is InChI=1S/C14H19F2NO3.C12H15F2NO3.C11H11F2IN2O3.C11H14F2N2O5.C10H12F2N2O4/c1-4-13(5-2)9(3)14(15,16)12(20-13)17-7-6-10(18)8-11(17)19;1-3-9-7(2)12(13,14)11(18-9)15-5-4-8(16)6-10(15)17;1-6-10(4-14)5-18-9-15-7(17)2-3-16(9)8(19-10)11(6,12)13;1-6-10(4-16,5-17)20-8(11(6,12)13)15-3-2-7(18)14-9(15)19;1-5-6(4-15)18-8(10(5,11)12)14-3-2-7(16)13-9(14)17/h6-7,9,12H,4-5,8H2,1-3H3;4-5,7,9,11H,3,6H2,1-2H3;2-3,6,8H,4-5H2,1H3;2-3,6,8,16-17H,4-5H2,1H3,(H,14,18,19);2-3,5-6,8,15H,4H2,1H3,(H,13,16,17)/t9-,12-;7-,9-,11-;6-,8-,10-;6-,8-;5-,6-,8-/m11111/s1. The zero-order chi connectivity index (χ0) is 71.1. The third kappa shape index (κ3) is 14.2. The zero-order valence-electron chi connectivity index (χ0n) is 52.1. The van der Waals surface area contributed by atoms with Gasteiger partial charge in [0.2, 0.25) is 43.0 Å². The number of nitrogens with one attached hydrogen (secondary N) is 2. The Labute approximate surface area is 546 Å². The Hall–Kier alpha value is -6.49. The van der Waals surface area contributed by atoms with Gasteiger partial charge in [-0.05, 0) is 31.4 Å². The number of H-pyrrole nitrogens is 2. The van der Waals surface area contributed by atoms with E-state index in [-0.39, 0.29) is 37.0 Å². The van der Waals surface area contributed by atoms with E-state index < -0.39 is 179 Å². The summed E-state index contributed by atoms with van der Waals surface area (Å²) in [6.07, 6.45) is -2.04. The molecule has 0 radical (unpaired) electrons. The number of aromatic amines is 2. The summed E-state index contributed by atoms with van der Waals surface area (Å²) < 4.78 is 177. The van der Waals surface area contributed by atoms with Gasteiger partial charge in [0.25, 0.3) is 46.3 Å². The molecule has 5 saturated heterocycles. The summed E-state index contributed by atoms with van der Waals surface area (Å²) in [5.41, 5.74) is -7.82. The number of aromatic nitrogens is 6. The fourth-order valence-electron chi connectivity index (χ4n) is 11.9. The number of aliphatic hydroxyl groups excluding tert-OH is 3. The van der Waals surface area contributed by atoms with Gasteiger partial charge < -0.3 is 43.7 Å². The number of allylic oxidation sites excluding steroid dienone is 2. The summed E-state index contributed by atoms with van der Waals surface area (Å²) in [5.74, 6) is -23.8. The van der Waals surface area contributed by atoms with E-state index in [4.69, 9.17) is 33.5 Å². The molecular formula is C58H71F10IN8O18. The van der Waals surface area contributed by atoms with Crippen LogP contribution in [-0.4, -0.2) is 179 Å². The summed E-state index contributed by atoms with van der Waals surface area (Å²) in [5, 5.41) is 27.4. The van der Waals surface area contributed by atoms with Crippen LogP contribution in [-0.2, 0) is 42.9 Å². The molecule has 37 heteroatoms. The Morgan fingerprint density at radius 1 is 0.547 bits per heavy atom. The van der Waals surface area contributed by atoms with Crippen molar-refractivity contribution in [3.8, 4) is 6.01 Å². The van der Waals surface area contributed by atoms with E-state index in [9.17, 15) is 97.3 Å². The second-order valence-electron chi connectivity index (χ2n) is 23.8. The lowest BCUT2D eigenvalue weighted by molar-refractivity contribution is -0.174. The molecule has 0 aromatic carbocycles. The number of carbonyl (C=O) groups is 4. The van der Waals surface area contributed by atoms with Crippen molar-refractivity contribution in [2.75, 3.05) is 30.9 Å². The molecule has 5 N–H and O–H groups in total. The van der Waals surface area contributed by atoms with Gasteiger partial charge in [0.1, 0.15) is 17.8 Å². The highest BCUT2D eigenvalue weighted by Crippen LogP contribution is 2.56. The maximum Gasteiger partial charge on any atom is 0.330 e. The molecule has 13 atom stereocenters. The maximum atomic E-state index is 14.5. The van der Waals surface area contributed by atoms with Crippen molar-refractivity contribution in [3.05, 3.63) is 113 Å². The topological polar surface area (TPSA) is 335 Å². The third-order valence-corrected chi connectivity index (χ3v) is 19.8. The number of ketones is 2. The molecule has 0 saturated carbocycles. The number of nitrogens with zero attached hydrogens (tertiary/aromatic N) is 6. The van der Waals surface area contributed by atoms with Gasteiger partial charge in [-0.1, -0.05) is 78.0 Å². The molecule has 5 fully saturated rings. The van der Waals surface area contributed by atoms with Crippen molar-refractivity contribution >= 4 is 46.0 Å². The lowest BCUT2D eigenvalue weighted by Crippen LogP contribution is -2.48. The maximum absolute atomic E-state index is 14.5. The number of amides is 2. The van der Waals surface area contributed by atoms with Crippen molar-refractivity contribution in [1.82, 2.24) is 38.5 Å². The van der Waals surface area contributed by atoms with E-state index >= 15 is 0 Å². The number of carbonyl (C=O) groups excluding carboxylic acids is 4. The number of ether oxygens (including phenoxy) is 6. The number of rotatable bonds is 11. The minimum absolute atomic E-state index is 0.0420. The van der Waals surface area contributed by atoms with Crippen LogP contribution in [0.3, 0.4) is 0 Å². The third-order valence-electron chi connectivity index (χ3n) is 18.5. The highest BCUT2D eigenvalue weighted by atomic mass is 127. The van der Waals surface area contributed by atoms with Gasteiger partial charge in [0.15, 0.2) is 11.6 Å². The quantitative estimate of drug-likeness (QED) is 0.0760. The number of halogens is 11. The van der Waals surface area contributed by atoms with Crippen LogP contribution in [0.25, 0.3) is 0 Å². The first-order valence-corrected chi connectivity index (χ1v) is 31.3. The number of alkyl halides is 11. The first-order valence-electron chi connectivity index (χ1n) is 29.7. The molecule has 2 amide bonds. The molecule has 3 aromatic heterocycles. The minimum Gasteiger partial charge on any atom is -0.461 e. The smallest absolute Gasteiger partial charge is 0.330 e. The first-order chi connectivity index (χ1) is 44.2. The van der Waals surface area contributed by atoms with Crippen molar-refractivity contribution in [3.63, 3.8) is 0 Å². The molecule has 0 spiro atoms. The fourth-order valence-corrected chi connectivity index (χ4v) is 12.9. The molecule has 11 rings (SSSR count). The lowest BCUT2D eigenvalue weighted by Gasteiger charge is -2.32. The average molecular weight is 1490 g/mol. The van der Waals surface area contributed by atoms with Crippen LogP contribution < -0.4 is 32.8 Å². The molecule has 95 heavy (non-hydrogen) atoms. The largest absolute Gasteiger partial charge is 0.461 e. The first kappa shape index (κ1) is 75.9. The van der Waals surface area contributed by atoms with Crippen LogP contribution in [0.5, 0.6) is 6.01 Å². The number of hydrogen-bond acceptors (Lipinski definition) is 19. The SMILES string of the molecule is CCC1(CC)O[C@@H](N2C=CC(=O)CC2=O)C(F)(F)[C@@H]1C.CC[C@H]1O[C@@H](N2C=CC(=O)CC2=O)C(F)(F)[C@@H]1C.C[C@@H]1C(CO)(CO)O[C@@H](n2ccc(=O)[nH]c2=O)C1(F)F.C[C@@H]1[C@@H](CO)O[C@@H](n2ccc(=O)[nH]c2=O)C1(F)F.C[C@H]1C(F)(F)[C@H]2O[C@]1(CI)COc1nc(=O)ccn12. The Morgan fingerprint density at radius 2 is 0.979 bits per heavy atom. The lowest BCUT2D eigenvalue weighted by atomic mass is 9.82. The Balaban J connectivity index is 0.000000168. The molecule has 8 aliphatic heterocycles. The Morgan fingerprint density at radius 3 is 1.41 bits per heavy atom. The Kier molecular flexibility index (Phi) is 22.8. The molecule has 2 bridgehead atoms. The summed E-state index contributed by atoms with van der Waals surface area (Å²) in [4.78, 5) is 111. The molecule has 0 aliphatic carbocycles. The second kappa shape index (κ2) is 28.5. The van der Waals surface area contributed by atoms with E-state index in [0.29, 0.717) is 32.8 Å². The number of aliphatic hydroxyl groups is 3. The molecular weight excluding hydrogens is 1410 g/mol. The van der Waals surface area contributed by atoms with Crippen molar-refractivity contribution < 1.29 is 107 Å². The van der Waals surface area contributed by atoms with Crippen LogP contribution in [0.2, 0.25) is 0 Å². The highest BCUT2D eigenvalue weighted by Gasteiger charge is 2.68. The molecule has 0 unspecified atom stereocenters. The van der Waals surface area contributed by atoms with Crippen LogP contribution in [0.1, 0.15) is 106 Å². The molecule has 528 valence electrons. The van der Waals surface area contributed by atoms with Crippen LogP contribution in [0, 0.1) is 29.6 Å². The van der Waals surface area contributed by atoms with Crippen LogP contribution in [0.15, 0.2) is 85.3 Å². The van der Waals surface area contributed by atoms with Crippen LogP contribution >= 0.6 is 22.6 Å². The summed E-state index contributed by atoms with van der Waals surface area (Å²) >= 11 is 2.01. The second-order valence-corrected chi connectivity index (χ2v) is 24.6. The van der Waals surface area contributed by atoms with E-state index in [1.54, 1.807) is 20.8 Å². The van der Waals surface area contributed by atoms with E-state index in [2.05, 4.69) is 4.98 Å². The van der Waals surface area contributed by atoms with E-state index in [0.717, 1.165) is 76.4 Å². The Bertz CT molecular complexity index is 3690. The average Bonchev–Trinajstić information content (AvgIpc) is 1.60.